The Bertz CT molecular complexity index is 636. The van der Waals surface area contributed by atoms with Crippen molar-refractivity contribution in [1.82, 2.24) is 4.98 Å². The molecule has 0 saturated carbocycles. The number of aryl methyl sites for hydroxylation is 2. The van der Waals surface area contributed by atoms with Gasteiger partial charge in [-0.15, -0.1) is 0 Å². The van der Waals surface area contributed by atoms with Gasteiger partial charge in [-0.3, -0.25) is 9.78 Å². The highest BCUT2D eigenvalue weighted by Crippen LogP contribution is 2.22. The molecule has 0 aliphatic heterocycles. The van der Waals surface area contributed by atoms with Gasteiger partial charge in [0.2, 0.25) is 0 Å². The summed E-state index contributed by atoms with van der Waals surface area (Å²) in [5.41, 5.74) is 3.59. The first-order valence-electron chi connectivity index (χ1n) is 6.54. The molecule has 2 rings (SSSR count). The van der Waals surface area contributed by atoms with Gasteiger partial charge in [0.25, 0.3) is 5.91 Å². The van der Waals surface area contributed by atoms with E-state index >= 15 is 0 Å². The summed E-state index contributed by atoms with van der Waals surface area (Å²) in [6, 6.07) is 6.31. The fraction of sp³-hybridized carbons (Fsp3) is 0.250. The molecule has 1 aromatic carbocycles. The van der Waals surface area contributed by atoms with Crippen LogP contribution >= 0.6 is 0 Å². The Labute approximate surface area is 117 Å². The maximum absolute atomic E-state index is 13.5. The van der Waals surface area contributed by atoms with Gasteiger partial charge in [0.1, 0.15) is 5.82 Å². The van der Waals surface area contributed by atoms with Crippen LogP contribution in [0.4, 0.5) is 10.1 Å². The van der Waals surface area contributed by atoms with Gasteiger partial charge >= 0.3 is 0 Å². The number of hydrogen-bond donors (Lipinski definition) is 1. The van der Waals surface area contributed by atoms with E-state index in [-0.39, 0.29) is 11.7 Å². The first-order chi connectivity index (χ1) is 9.51. The molecule has 0 spiro atoms. The van der Waals surface area contributed by atoms with Crippen LogP contribution in [0, 0.1) is 19.7 Å². The number of hydrogen-bond acceptors (Lipinski definition) is 2. The minimum atomic E-state index is -0.343. The van der Waals surface area contributed by atoms with Crippen LogP contribution in [-0.2, 0) is 6.42 Å². The Morgan fingerprint density at radius 2 is 2.05 bits per heavy atom. The highest BCUT2D eigenvalue weighted by atomic mass is 19.1. The average Bonchev–Trinajstić information content (AvgIpc) is 2.43. The monoisotopic (exact) mass is 272 g/mol. The van der Waals surface area contributed by atoms with Crippen LogP contribution in [0.5, 0.6) is 0 Å². The molecule has 0 saturated heterocycles. The SMILES string of the molecule is CCc1cc(F)cc(NC(=O)c2ccc(C)nc2)c1C. The summed E-state index contributed by atoms with van der Waals surface area (Å²) < 4.78 is 13.5. The zero-order valence-electron chi connectivity index (χ0n) is 11.8. The second-order valence-electron chi connectivity index (χ2n) is 4.73. The zero-order valence-corrected chi connectivity index (χ0v) is 11.8. The third-order valence-electron chi connectivity index (χ3n) is 3.28. The third kappa shape index (κ3) is 3.02. The number of amides is 1. The molecule has 2 aromatic rings. The number of anilines is 1. The summed E-state index contributed by atoms with van der Waals surface area (Å²) in [5.74, 6) is -0.627. The number of benzene rings is 1. The highest BCUT2D eigenvalue weighted by Gasteiger charge is 2.11. The summed E-state index contributed by atoms with van der Waals surface area (Å²) in [7, 11) is 0. The van der Waals surface area contributed by atoms with Crippen LogP contribution in [0.2, 0.25) is 0 Å². The third-order valence-corrected chi connectivity index (χ3v) is 3.28. The molecule has 0 aliphatic rings. The van der Waals surface area contributed by atoms with Crippen molar-refractivity contribution in [3.63, 3.8) is 0 Å². The number of nitrogens with zero attached hydrogens (tertiary/aromatic N) is 1. The van der Waals surface area contributed by atoms with Crippen molar-refractivity contribution >= 4 is 11.6 Å². The van der Waals surface area contributed by atoms with Gasteiger partial charge in [-0.05, 0) is 55.7 Å². The van der Waals surface area contributed by atoms with Gasteiger partial charge in [0, 0.05) is 17.6 Å². The Hall–Kier alpha value is -2.23. The number of pyridine rings is 1. The predicted octanol–water partition coefficient (Wildman–Crippen LogP) is 3.65. The summed E-state index contributed by atoms with van der Waals surface area (Å²) in [6.07, 6.45) is 2.23. The van der Waals surface area contributed by atoms with Crippen molar-refractivity contribution in [2.24, 2.45) is 0 Å². The van der Waals surface area contributed by atoms with Gasteiger partial charge in [0.15, 0.2) is 0 Å². The first kappa shape index (κ1) is 14.2. The molecule has 3 nitrogen and oxygen atoms in total. The van der Waals surface area contributed by atoms with Crippen molar-refractivity contribution in [3.05, 3.63) is 58.7 Å². The number of carbonyl (C=O) groups excluding carboxylic acids is 1. The van der Waals surface area contributed by atoms with Gasteiger partial charge in [-0.1, -0.05) is 6.92 Å². The summed E-state index contributed by atoms with van der Waals surface area (Å²) >= 11 is 0. The standard InChI is InChI=1S/C16H17FN2O/c1-4-12-7-14(17)8-15(11(12)3)19-16(20)13-6-5-10(2)18-9-13/h5-9H,4H2,1-3H3,(H,19,20). The summed E-state index contributed by atoms with van der Waals surface area (Å²) in [5, 5.41) is 2.74. The largest absolute Gasteiger partial charge is 0.322 e. The Morgan fingerprint density at radius 3 is 2.65 bits per heavy atom. The highest BCUT2D eigenvalue weighted by molar-refractivity contribution is 6.04. The molecule has 20 heavy (non-hydrogen) atoms. The lowest BCUT2D eigenvalue weighted by Crippen LogP contribution is -2.14. The van der Waals surface area contributed by atoms with E-state index in [9.17, 15) is 9.18 Å². The van der Waals surface area contributed by atoms with Gasteiger partial charge in [0.05, 0.1) is 5.56 Å². The zero-order chi connectivity index (χ0) is 14.7. The lowest BCUT2D eigenvalue weighted by molar-refractivity contribution is 0.102. The van der Waals surface area contributed by atoms with E-state index in [4.69, 9.17) is 0 Å². The molecule has 1 N–H and O–H groups in total. The number of halogens is 1. The lowest BCUT2D eigenvalue weighted by Gasteiger charge is -2.12. The Kier molecular flexibility index (Phi) is 4.13. The normalized spacial score (nSPS) is 10.4. The van der Waals surface area contributed by atoms with E-state index in [0.717, 1.165) is 23.2 Å². The second kappa shape index (κ2) is 5.82. The minimum absolute atomic E-state index is 0.284. The van der Waals surface area contributed by atoms with E-state index < -0.39 is 0 Å². The van der Waals surface area contributed by atoms with Crippen molar-refractivity contribution in [1.29, 1.82) is 0 Å². The van der Waals surface area contributed by atoms with Gasteiger partial charge < -0.3 is 5.32 Å². The van der Waals surface area contributed by atoms with E-state index in [1.54, 1.807) is 12.1 Å². The van der Waals surface area contributed by atoms with E-state index in [0.29, 0.717) is 11.3 Å². The molecule has 0 atom stereocenters. The summed E-state index contributed by atoms with van der Waals surface area (Å²) in [4.78, 5) is 16.2. The molecule has 1 amide bonds. The fourth-order valence-electron chi connectivity index (χ4n) is 2.03. The maximum Gasteiger partial charge on any atom is 0.257 e. The molecular formula is C16H17FN2O. The molecule has 0 bridgehead atoms. The molecule has 0 fully saturated rings. The fourth-order valence-corrected chi connectivity index (χ4v) is 2.03. The first-order valence-corrected chi connectivity index (χ1v) is 6.54. The van der Waals surface area contributed by atoms with Crippen molar-refractivity contribution in [2.75, 3.05) is 5.32 Å². The van der Waals surface area contributed by atoms with Crippen LogP contribution < -0.4 is 5.32 Å². The molecule has 0 aliphatic carbocycles. The lowest BCUT2D eigenvalue weighted by atomic mass is 10.0. The van der Waals surface area contributed by atoms with Crippen molar-refractivity contribution in [2.45, 2.75) is 27.2 Å². The molecule has 1 heterocycles. The van der Waals surface area contributed by atoms with Crippen LogP contribution in [0.3, 0.4) is 0 Å². The van der Waals surface area contributed by atoms with E-state index in [2.05, 4.69) is 10.3 Å². The quantitative estimate of drug-likeness (QED) is 0.926. The molecule has 0 unspecified atom stereocenters. The average molecular weight is 272 g/mol. The Balaban J connectivity index is 2.28. The number of aromatic nitrogens is 1. The van der Waals surface area contributed by atoms with Gasteiger partial charge in [-0.2, -0.15) is 0 Å². The van der Waals surface area contributed by atoms with Crippen LogP contribution in [0.15, 0.2) is 30.5 Å². The Morgan fingerprint density at radius 1 is 1.30 bits per heavy atom. The smallest absolute Gasteiger partial charge is 0.257 e. The minimum Gasteiger partial charge on any atom is -0.322 e. The molecule has 0 radical (unpaired) electrons. The van der Waals surface area contributed by atoms with Crippen LogP contribution in [-0.4, -0.2) is 10.9 Å². The molecular weight excluding hydrogens is 255 g/mol. The van der Waals surface area contributed by atoms with E-state index in [1.165, 1.54) is 18.3 Å². The molecule has 104 valence electrons. The predicted molar refractivity (Wildman–Crippen MR) is 77.4 cm³/mol. The summed E-state index contributed by atoms with van der Waals surface area (Å²) in [6.45, 7) is 5.68. The van der Waals surface area contributed by atoms with E-state index in [1.807, 2.05) is 20.8 Å². The van der Waals surface area contributed by atoms with Crippen molar-refractivity contribution < 1.29 is 9.18 Å². The van der Waals surface area contributed by atoms with Crippen molar-refractivity contribution in [3.8, 4) is 0 Å². The molecule has 1 aromatic heterocycles. The second-order valence-corrected chi connectivity index (χ2v) is 4.73. The molecule has 4 heteroatoms. The number of nitrogens with one attached hydrogen (secondary N) is 1. The van der Waals surface area contributed by atoms with Crippen LogP contribution in [0.25, 0.3) is 0 Å². The number of carbonyl (C=O) groups is 1. The van der Waals surface area contributed by atoms with Gasteiger partial charge in [-0.25, -0.2) is 4.39 Å². The topological polar surface area (TPSA) is 42.0 Å². The van der Waals surface area contributed by atoms with Crippen LogP contribution in [0.1, 0.15) is 34.1 Å². The maximum atomic E-state index is 13.5. The number of rotatable bonds is 3.